The van der Waals surface area contributed by atoms with Crippen molar-refractivity contribution in [2.75, 3.05) is 20.6 Å². The lowest BCUT2D eigenvalue weighted by atomic mass is 10.0. The number of rotatable bonds is 18. The molecule has 0 atom stereocenters. The molecule has 0 amide bonds. The van der Waals surface area contributed by atoms with Gasteiger partial charge in [0, 0.05) is 5.56 Å². The summed E-state index contributed by atoms with van der Waals surface area (Å²) in [6.45, 7) is 4.16. The molecule has 0 aliphatic heterocycles. The summed E-state index contributed by atoms with van der Waals surface area (Å²) in [5.41, 5.74) is 1.38. The van der Waals surface area contributed by atoms with Gasteiger partial charge in [0.05, 0.1) is 26.2 Å². The van der Waals surface area contributed by atoms with Gasteiger partial charge in [0.1, 0.15) is 6.54 Å². The molecule has 29 heavy (non-hydrogen) atoms. The van der Waals surface area contributed by atoms with Crippen LogP contribution >= 0.6 is 0 Å². The lowest BCUT2D eigenvalue weighted by Crippen LogP contribution is -2.40. The van der Waals surface area contributed by atoms with Crippen LogP contribution in [0, 0.1) is 0 Å². The average molecular weight is 405 g/mol. The zero-order valence-corrected chi connectivity index (χ0v) is 19.4. The van der Waals surface area contributed by atoms with E-state index in [1.807, 2.05) is 12.1 Å². The van der Waals surface area contributed by atoms with Gasteiger partial charge in [-0.25, -0.2) is 4.79 Å². The summed E-state index contributed by atoms with van der Waals surface area (Å²) in [5, 5.41) is 9.36. The van der Waals surface area contributed by atoms with E-state index in [1.54, 1.807) is 12.1 Å². The smallest absolute Gasteiger partial charge is 0.336 e. The number of hydrogen-bond acceptors (Lipinski definition) is 1. The summed E-state index contributed by atoms with van der Waals surface area (Å²) in [5.74, 6) is -0.822. The number of carbonyl (C=O) groups is 1. The Morgan fingerprint density at radius 1 is 0.759 bits per heavy atom. The number of benzene rings is 1. The standard InChI is InChI=1S/C26H45NO2/c1-4-5-6-7-8-9-10-11-12-13-14-15-16-19-22-27(2,3)23-24-20-17-18-21-25(24)26(28)29/h17-18,20-21H,4-16,19,22-23H2,1-3H3/p+1. The minimum Gasteiger partial charge on any atom is -0.478 e. The molecule has 0 radical (unpaired) electrons. The Morgan fingerprint density at radius 3 is 1.69 bits per heavy atom. The van der Waals surface area contributed by atoms with E-state index in [2.05, 4.69) is 21.0 Å². The van der Waals surface area contributed by atoms with E-state index >= 15 is 0 Å². The fourth-order valence-electron chi connectivity index (χ4n) is 4.14. The van der Waals surface area contributed by atoms with E-state index in [0.717, 1.165) is 23.1 Å². The minimum atomic E-state index is -0.822. The van der Waals surface area contributed by atoms with Crippen LogP contribution in [0.4, 0.5) is 0 Å². The lowest BCUT2D eigenvalue weighted by Gasteiger charge is -2.30. The van der Waals surface area contributed by atoms with Gasteiger partial charge in [-0.2, -0.15) is 0 Å². The van der Waals surface area contributed by atoms with E-state index < -0.39 is 5.97 Å². The van der Waals surface area contributed by atoms with Crippen molar-refractivity contribution < 1.29 is 14.4 Å². The second kappa shape index (κ2) is 15.5. The third kappa shape index (κ3) is 12.7. The van der Waals surface area contributed by atoms with Crippen molar-refractivity contribution in [3.05, 3.63) is 35.4 Å². The predicted octanol–water partition coefficient (Wildman–Crippen LogP) is 7.44. The third-order valence-electron chi connectivity index (χ3n) is 5.96. The Labute approximate surface area is 180 Å². The summed E-state index contributed by atoms with van der Waals surface area (Å²) in [4.78, 5) is 11.4. The maximum Gasteiger partial charge on any atom is 0.336 e. The van der Waals surface area contributed by atoms with Crippen molar-refractivity contribution in [3.63, 3.8) is 0 Å². The average Bonchev–Trinajstić information content (AvgIpc) is 2.68. The van der Waals surface area contributed by atoms with E-state index in [0.29, 0.717) is 5.56 Å². The number of hydrogen-bond donors (Lipinski definition) is 1. The number of carboxylic acids is 1. The molecule has 0 heterocycles. The molecule has 0 saturated heterocycles. The van der Waals surface area contributed by atoms with Gasteiger partial charge in [-0.15, -0.1) is 0 Å². The van der Waals surface area contributed by atoms with Gasteiger partial charge in [0.2, 0.25) is 0 Å². The Balaban J connectivity index is 2.03. The van der Waals surface area contributed by atoms with Gasteiger partial charge in [-0.3, -0.25) is 0 Å². The summed E-state index contributed by atoms with van der Waals surface area (Å²) < 4.78 is 0.850. The Morgan fingerprint density at radius 2 is 1.21 bits per heavy atom. The Bertz CT molecular complexity index is 553. The third-order valence-corrected chi connectivity index (χ3v) is 5.96. The number of aromatic carboxylic acids is 1. The van der Waals surface area contributed by atoms with Gasteiger partial charge in [-0.1, -0.05) is 102 Å². The quantitative estimate of drug-likeness (QED) is 0.204. The van der Waals surface area contributed by atoms with Crippen molar-refractivity contribution in [2.45, 2.75) is 103 Å². The van der Waals surface area contributed by atoms with Crippen LogP contribution in [-0.4, -0.2) is 36.2 Å². The number of nitrogens with zero attached hydrogens (tertiary/aromatic N) is 1. The molecular weight excluding hydrogens is 358 g/mol. The zero-order chi connectivity index (χ0) is 21.4. The Kier molecular flexibility index (Phi) is 13.7. The molecule has 0 unspecified atom stereocenters. The van der Waals surface area contributed by atoms with Crippen LogP contribution in [0.25, 0.3) is 0 Å². The van der Waals surface area contributed by atoms with Gasteiger partial charge >= 0.3 is 5.97 Å². The monoisotopic (exact) mass is 404 g/mol. The molecule has 0 spiro atoms. The van der Waals surface area contributed by atoms with Crippen molar-refractivity contribution in [1.29, 1.82) is 0 Å². The van der Waals surface area contributed by atoms with E-state index in [9.17, 15) is 9.90 Å². The summed E-state index contributed by atoms with van der Waals surface area (Å²) in [6.07, 6.45) is 19.3. The van der Waals surface area contributed by atoms with Crippen LogP contribution in [0.5, 0.6) is 0 Å². The van der Waals surface area contributed by atoms with Crippen LogP contribution < -0.4 is 0 Å². The molecule has 0 aliphatic carbocycles. The second-order valence-corrected chi connectivity index (χ2v) is 9.38. The molecule has 1 aromatic rings. The highest BCUT2D eigenvalue weighted by molar-refractivity contribution is 5.89. The summed E-state index contributed by atoms with van der Waals surface area (Å²) >= 11 is 0. The van der Waals surface area contributed by atoms with Crippen molar-refractivity contribution >= 4 is 5.97 Å². The van der Waals surface area contributed by atoms with E-state index in [-0.39, 0.29) is 0 Å². The lowest BCUT2D eigenvalue weighted by molar-refractivity contribution is -0.903. The molecule has 0 fully saturated rings. The van der Waals surface area contributed by atoms with Gasteiger partial charge < -0.3 is 9.59 Å². The fourth-order valence-corrected chi connectivity index (χ4v) is 4.14. The highest BCUT2D eigenvalue weighted by atomic mass is 16.4. The molecule has 3 heteroatoms. The van der Waals surface area contributed by atoms with Crippen LogP contribution in [0.1, 0.15) is 113 Å². The van der Waals surface area contributed by atoms with E-state index in [1.165, 1.54) is 89.9 Å². The molecule has 0 bridgehead atoms. The zero-order valence-electron chi connectivity index (χ0n) is 19.4. The molecule has 0 aromatic heterocycles. The second-order valence-electron chi connectivity index (χ2n) is 9.38. The largest absolute Gasteiger partial charge is 0.478 e. The fraction of sp³-hybridized carbons (Fsp3) is 0.731. The normalized spacial score (nSPS) is 11.7. The number of unbranched alkanes of at least 4 members (excludes halogenated alkanes) is 13. The van der Waals surface area contributed by atoms with Crippen molar-refractivity contribution in [3.8, 4) is 0 Å². The maximum absolute atomic E-state index is 11.4. The van der Waals surface area contributed by atoms with Gasteiger partial charge in [0.25, 0.3) is 0 Å². The number of quaternary nitrogens is 1. The highest BCUT2D eigenvalue weighted by Gasteiger charge is 2.19. The van der Waals surface area contributed by atoms with Crippen molar-refractivity contribution in [2.24, 2.45) is 0 Å². The number of carboxylic acid groups (broad SMARTS) is 1. The van der Waals surface area contributed by atoms with Crippen LogP contribution in [0.2, 0.25) is 0 Å². The van der Waals surface area contributed by atoms with E-state index in [4.69, 9.17) is 0 Å². The Hall–Kier alpha value is -1.35. The molecule has 0 aliphatic rings. The van der Waals surface area contributed by atoms with Gasteiger partial charge in [0.15, 0.2) is 0 Å². The molecule has 1 N–H and O–H groups in total. The van der Waals surface area contributed by atoms with Crippen LogP contribution in [-0.2, 0) is 6.54 Å². The molecule has 1 rings (SSSR count). The van der Waals surface area contributed by atoms with Crippen molar-refractivity contribution in [1.82, 2.24) is 0 Å². The molecule has 166 valence electrons. The molecule has 1 aromatic carbocycles. The van der Waals surface area contributed by atoms with Gasteiger partial charge in [-0.05, 0) is 18.9 Å². The van der Waals surface area contributed by atoms with Crippen LogP contribution in [0.15, 0.2) is 24.3 Å². The maximum atomic E-state index is 11.4. The molecular formula is C26H46NO2+. The minimum absolute atomic E-state index is 0.444. The first-order chi connectivity index (χ1) is 14.0. The first-order valence-corrected chi connectivity index (χ1v) is 12.1. The highest BCUT2D eigenvalue weighted by Crippen LogP contribution is 2.17. The van der Waals surface area contributed by atoms with Crippen LogP contribution in [0.3, 0.4) is 0 Å². The summed E-state index contributed by atoms with van der Waals surface area (Å²) in [6, 6.07) is 7.41. The molecule has 0 saturated carbocycles. The predicted molar refractivity (Wildman–Crippen MR) is 124 cm³/mol. The summed E-state index contributed by atoms with van der Waals surface area (Å²) in [7, 11) is 4.42. The molecule has 3 nitrogen and oxygen atoms in total. The first kappa shape index (κ1) is 25.7. The topological polar surface area (TPSA) is 37.3 Å². The first-order valence-electron chi connectivity index (χ1n) is 12.1. The SMILES string of the molecule is CCCCCCCCCCCCCCCC[N+](C)(C)Cc1ccccc1C(=O)O.